The highest BCUT2D eigenvalue weighted by molar-refractivity contribution is 5.93. The number of rotatable bonds is 4. The van der Waals surface area contributed by atoms with Crippen LogP contribution in [0.25, 0.3) is 0 Å². The van der Waals surface area contributed by atoms with Crippen LogP contribution in [0, 0.1) is 0 Å². The lowest BCUT2D eigenvalue weighted by atomic mass is 10.3. The molecule has 1 N–H and O–H groups in total. The van der Waals surface area contributed by atoms with Gasteiger partial charge in [0, 0.05) is 6.08 Å². The highest BCUT2D eigenvalue weighted by atomic mass is 16.5. The predicted molar refractivity (Wildman–Crippen MR) is 54.4 cm³/mol. The van der Waals surface area contributed by atoms with E-state index in [0.29, 0.717) is 0 Å². The molecule has 0 aliphatic heterocycles. The van der Waals surface area contributed by atoms with E-state index in [1.807, 2.05) is 6.92 Å². The van der Waals surface area contributed by atoms with E-state index in [9.17, 15) is 14.4 Å². The number of carboxylic acid groups (broad SMARTS) is 1. The summed E-state index contributed by atoms with van der Waals surface area (Å²) in [5, 5.41) is 7.86. The van der Waals surface area contributed by atoms with Gasteiger partial charge in [-0.05, 0) is 13.3 Å². The first-order valence-corrected chi connectivity index (χ1v) is 4.39. The second-order valence-electron chi connectivity index (χ2n) is 2.61. The zero-order chi connectivity index (χ0) is 12.3. The molecule has 5 heteroatoms. The van der Waals surface area contributed by atoms with Crippen LogP contribution in [-0.2, 0) is 19.1 Å². The molecule has 0 saturated carbocycles. The molecule has 0 bridgehead atoms. The molecule has 0 radical (unpaired) electrons. The van der Waals surface area contributed by atoms with Crippen LogP contribution in [0.3, 0.4) is 0 Å². The van der Waals surface area contributed by atoms with Gasteiger partial charge in [0.15, 0.2) is 0 Å². The number of carboxylic acids is 1. The summed E-state index contributed by atoms with van der Waals surface area (Å²) in [7, 11) is 1.36. The van der Waals surface area contributed by atoms with E-state index in [-0.39, 0.29) is 18.2 Å². The maximum Gasteiger partial charge on any atom is 0.330 e. The maximum atomic E-state index is 10.3. The molecule has 0 fully saturated rings. The highest BCUT2D eigenvalue weighted by Gasteiger charge is 1.98. The van der Waals surface area contributed by atoms with Crippen molar-refractivity contribution in [2.45, 2.75) is 26.7 Å². The van der Waals surface area contributed by atoms with Crippen LogP contribution >= 0.6 is 0 Å². The van der Waals surface area contributed by atoms with Gasteiger partial charge in [0.2, 0.25) is 0 Å². The average Bonchev–Trinajstić information content (AvgIpc) is 2.12. The van der Waals surface area contributed by atoms with Gasteiger partial charge < -0.3 is 9.84 Å². The number of ether oxygens (including phenoxy) is 1. The minimum absolute atomic E-state index is 0.285. The molecule has 15 heavy (non-hydrogen) atoms. The van der Waals surface area contributed by atoms with Crippen molar-refractivity contribution in [3.8, 4) is 0 Å². The number of ketones is 1. The summed E-state index contributed by atoms with van der Waals surface area (Å²) in [5.74, 6) is -1.66. The second kappa shape index (κ2) is 10.4. The molecule has 0 atom stereocenters. The zero-order valence-corrected chi connectivity index (χ0v) is 9.15. The van der Waals surface area contributed by atoms with Crippen LogP contribution in [0.2, 0.25) is 0 Å². The van der Waals surface area contributed by atoms with Crippen LogP contribution in [-0.4, -0.2) is 29.9 Å². The molecule has 0 heterocycles. The first-order valence-electron chi connectivity index (χ1n) is 4.39. The second-order valence-corrected chi connectivity index (χ2v) is 2.61. The Bertz CT molecular complexity index is 230. The molecule has 0 rings (SSSR count). The Morgan fingerprint density at radius 1 is 1.33 bits per heavy atom. The zero-order valence-electron chi connectivity index (χ0n) is 9.15. The van der Waals surface area contributed by atoms with Crippen molar-refractivity contribution < 1.29 is 24.2 Å². The fourth-order valence-electron chi connectivity index (χ4n) is 0.495. The quantitative estimate of drug-likeness (QED) is 0.433. The van der Waals surface area contributed by atoms with Gasteiger partial charge in [-0.3, -0.25) is 9.59 Å². The topological polar surface area (TPSA) is 80.7 Å². The lowest BCUT2D eigenvalue weighted by Gasteiger charge is -1.86. The Morgan fingerprint density at radius 2 is 1.87 bits per heavy atom. The van der Waals surface area contributed by atoms with Crippen LogP contribution in [0.4, 0.5) is 0 Å². The van der Waals surface area contributed by atoms with E-state index in [1.54, 1.807) is 6.08 Å². The number of Topliss-reactive ketones (excluding diaryl/α,β-unsaturated/α-hetero) is 1. The third-order valence-corrected chi connectivity index (χ3v) is 1.09. The van der Waals surface area contributed by atoms with Gasteiger partial charge in [-0.2, -0.15) is 0 Å². The SMILES string of the molecule is CC(=O)CC(=O)O.CCC=CC(=O)OC. The Kier molecular flexibility index (Phi) is 11.0. The van der Waals surface area contributed by atoms with Gasteiger partial charge in [-0.25, -0.2) is 4.79 Å². The Labute approximate surface area is 88.7 Å². The maximum absolute atomic E-state index is 10.3. The van der Waals surface area contributed by atoms with Crippen molar-refractivity contribution in [1.29, 1.82) is 0 Å². The van der Waals surface area contributed by atoms with E-state index in [4.69, 9.17) is 5.11 Å². The third kappa shape index (κ3) is 19.0. The van der Waals surface area contributed by atoms with Crippen LogP contribution < -0.4 is 0 Å². The number of hydrogen-bond acceptors (Lipinski definition) is 4. The van der Waals surface area contributed by atoms with Crippen LogP contribution in [0.15, 0.2) is 12.2 Å². The van der Waals surface area contributed by atoms with Gasteiger partial charge in [-0.1, -0.05) is 13.0 Å². The van der Waals surface area contributed by atoms with Gasteiger partial charge in [0.05, 0.1) is 7.11 Å². The first kappa shape index (κ1) is 15.8. The predicted octanol–water partition coefficient (Wildman–Crippen LogP) is 1.18. The minimum atomic E-state index is -1.06. The number of hydrogen-bond donors (Lipinski definition) is 1. The lowest BCUT2D eigenvalue weighted by Crippen LogP contribution is -2.00. The average molecular weight is 216 g/mol. The molecule has 0 aromatic rings. The molecule has 5 nitrogen and oxygen atoms in total. The summed E-state index contributed by atoms with van der Waals surface area (Å²) in [6.07, 6.45) is 3.68. The summed E-state index contributed by atoms with van der Waals surface area (Å²) in [6.45, 7) is 3.20. The van der Waals surface area contributed by atoms with Crippen molar-refractivity contribution in [2.24, 2.45) is 0 Å². The molecule has 0 aliphatic carbocycles. The molecule has 0 aliphatic rings. The third-order valence-electron chi connectivity index (χ3n) is 1.09. The Morgan fingerprint density at radius 3 is 2.07 bits per heavy atom. The molecular weight excluding hydrogens is 200 g/mol. The smallest absolute Gasteiger partial charge is 0.330 e. The largest absolute Gasteiger partial charge is 0.481 e. The number of methoxy groups -OCH3 is 1. The van der Waals surface area contributed by atoms with Gasteiger partial charge in [0.1, 0.15) is 12.2 Å². The number of aliphatic carboxylic acids is 1. The Balaban J connectivity index is 0. The number of esters is 1. The standard InChI is InChI=1S/C6H10O2.C4H6O3/c1-3-4-5-6(7)8-2;1-3(5)2-4(6)7/h4-5H,3H2,1-2H3;2H2,1H3,(H,6,7). The van der Waals surface area contributed by atoms with Crippen molar-refractivity contribution >= 4 is 17.7 Å². The van der Waals surface area contributed by atoms with E-state index >= 15 is 0 Å². The van der Waals surface area contributed by atoms with Crippen LogP contribution in [0.1, 0.15) is 26.7 Å². The molecule has 86 valence electrons. The first-order chi connectivity index (χ1) is 6.93. The molecule has 0 aromatic heterocycles. The Hall–Kier alpha value is -1.65. The van der Waals surface area contributed by atoms with E-state index in [1.165, 1.54) is 20.1 Å². The van der Waals surface area contributed by atoms with Gasteiger partial charge >= 0.3 is 11.9 Å². The van der Waals surface area contributed by atoms with Crippen LogP contribution in [0.5, 0.6) is 0 Å². The lowest BCUT2D eigenvalue weighted by molar-refractivity contribution is -0.140. The monoisotopic (exact) mass is 216 g/mol. The fourth-order valence-corrected chi connectivity index (χ4v) is 0.495. The summed E-state index contributed by atoms with van der Waals surface area (Å²) in [6, 6.07) is 0. The summed E-state index contributed by atoms with van der Waals surface area (Å²) < 4.78 is 4.33. The molecule has 0 unspecified atom stereocenters. The summed E-state index contributed by atoms with van der Waals surface area (Å²) in [5.41, 5.74) is 0. The van der Waals surface area contributed by atoms with Crippen molar-refractivity contribution in [2.75, 3.05) is 7.11 Å². The number of allylic oxidation sites excluding steroid dienone is 1. The van der Waals surface area contributed by atoms with E-state index in [2.05, 4.69) is 4.74 Å². The minimum Gasteiger partial charge on any atom is -0.481 e. The molecule has 0 amide bonds. The van der Waals surface area contributed by atoms with Crippen molar-refractivity contribution in [3.63, 3.8) is 0 Å². The summed E-state index contributed by atoms with van der Waals surface area (Å²) in [4.78, 5) is 29.7. The normalized spacial score (nSPS) is 9.00. The molecule has 0 aromatic carbocycles. The van der Waals surface area contributed by atoms with Gasteiger partial charge in [0.25, 0.3) is 0 Å². The molecule has 0 saturated heterocycles. The van der Waals surface area contributed by atoms with Crippen molar-refractivity contribution in [1.82, 2.24) is 0 Å². The van der Waals surface area contributed by atoms with E-state index < -0.39 is 5.97 Å². The molecular formula is C10H16O5. The van der Waals surface area contributed by atoms with E-state index in [0.717, 1.165) is 6.42 Å². The molecule has 0 spiro atoms. The van der Waals surface area contributed by atoms with Crippen molar-refractivity contribution in [3.05, 3.63) is 12.2 Å². The summed E-state index contributed by atoms with van der Waals surface area (Å²) >= 11 is 0. The number of carbonyl (C=O) groups is 3. The fraction of sp³-hybridized carbons (Fsp3) is 0.500. The number of carbonyl (C=O) groups excluding carboxylic acids is 2. The highest BCUT2D eigenvalue weighted by Crippen LogP contribution is 1.80. The van der Waals surface area contributed by atoms with Gasteiger partial charge in [-0.15, -0.1) is 0 Å².